The maximum atomic E-state index is 13.6. The highest BCUT2D eigenvalue weighted by atomic mass is 19.4. The first-order valence-corrected chi connectivity index (χ1v) is 6.74. The molecule has 1 aromatic carbocycles. The van der Waals surface area contributed by atoms with Crippen LogP contribution in [0.2, 0.25) is 0 Å². The summed E-state index contributed by atoms with van der Waals surface area (Å²) in [6.45, 7) is 1.44. The second-order valence-corrected chi connectivity index (χ2v) is 4.96. The van der Waals surface area contributed by atoms with E-state index in [1.165, 1.54) is 26.2 Å². The average Bonchev–Trinajstić information content (AvgIpc) is 2.82. The lowest BCUT2D eigenvalue weighted by Crippen LogP contribution is -2.47. The molecule has 7 heteroatoms. The summed E-state index contributed by atoms with van der Waals surface area (Å²) in [6.07, 6.45) is -3.98. The highest BCUT2D eigenvalue weighted by Crippen LogP contribution is 2.53. The summed E-state index contributed by atoms with van der Waals surface area (Å²) in [5.74, 6) is -2.15. The van der Waals surface area contributed by atoms with Crippen molar-refractivity contribution in [2.24, 2.45) is 0 Å². The van der Waals surface area contributed by atoms with Gasteiger partial charge in [0.25, 0.3) is 0 Å². The van der Waals surface area contributed by atoms with Crippen molar-refractivity contribution in [1.29, 1.82) is 0 Å². The van der Waals surface area contributed by atoms with Crippen LogP contribution >= 0.6 is 0 Å². The van der Waals surface area contributed by atoms with Crippen LogP contribution in [-0.2, 0) is 4.79 Å². The number of carbonyl (C=O) groups is 1. The molecular weight excluding hydrogens is 304 g/mol. The first-order chi connectivity index (χ1) is 10.2. The van der Waals surface area contributed by atoms with E-state index in [9.17, 15) is 22.7 Å². The molecule has 2 atom stereocenters. The van der Waals surface area contributed by atoms with E-state index in [1.807, 2.05) is 0 Å². The Morgan fingerprint density at radius 1 is 1.41 bits per heavy atom. The minimum atomic E-state index is -4.74. The summed E-state index contributed by atoms with van der Waals surface area (Å²) in [7, 11) is 1.20. The molecule has 0 spiro atoms. The Bertz CT molecular complexity index is 516. The minimum absolute atomic E-state index is 0.0693. The van der Waals surface area contributed by atoms with E-state index in [4.69, 9.17) is 9.53 Å². The van der Waals surface area contributed by atoms with Gasteiger partial charge in [-0.25, -0.2) is 4.39 Å². The smallest absolute Gasteiger partial charge is 0.417 e. The maximum absolute atomic E-state index is 13.6. The molecule has 0 bridgehead atoms. The molecule has 2 rings (SSSR count). The molecule has 22 heavy (non-hydrogen) atoms. The number of alkyl halides is 3. The zero-order valence-corrected chi connectivity index (χ0v) is 12.3. The third-order valence-electron chi connectivity index (χ3n) is 3.70. The summed E-state index contributed by atoms with van der Waals surface area (Å²) in [5.41, 5.74) is -2.74. The van der Waals surface area contributed by atoms with Gasteiger partial charge in [0.05, 0.1) is 7.11 Å². The molecule has 0 amide bonds. The summed E-state index contributed by atoms with van der Waals surface area (Å²) >= 11 is 0. The largest absolute Gasteiger partial charge is 0.493 e. The van der Waals surface area contributed by atoms with E-state index in [1.54, 1.807) is 0 Å². The lowest BCUT2D eigenvalue weighted by Gasteiger charge is -2.33. The second kappa shape index (κ2) is 7.09. The van der Waals surface area contributed by atoms with E-state index in [-0.39, 0.29) is 30.6 Å². The molecule has 0 aliphatic heterocycles. The van der Waals surface area contributed by atoms with Gasteiger partial charge in [0.2, 0.25) is 0 Å². The lowest BCUT2D eigenvalue weighted by atomic mass is 9.84. The van der Waals surface area contributed by atoms with Crippen LogP contribution in [0.5, 0.6) is 5.75 Å². The van der Waals surface area contributed by atoms with Gasteiger partial charge in [0, 0.05) is 11.5 Å². The molecule has 0 heterocycles. The van der Waals surface area contributed by atoms with Crippen molar-refractivity contribution in [2.75, 3.05) is 7.11 Å². The molecule has 0 radical (unpaired) electrons. The highest BCUT2D eigenvalue weighted by molar-refractivity contribution is 5.44. The normalized spacial score (nSPS) is 24.4. The summed E-state index contributed by atoms with van der Waals surface area (Å²) in [5, 5.41) is 9.95. The van der Waals surface area contributed by atoms with Crippen molar-refractivity contribution >= 4 is 6.29 Å². The molecule has 1 aliphatic carbocycles. The van der Waals surface area contributed by atoms with Gasteiger partial charge in [0.1, 0.15) is 6.29 Å². The van der Waals surface area contributed by atoms with Crippen molar-refractivity contribution in [2.45, 2.75) is 43.9 Å². The number of aldehydes is 1. The van der Waals surface area contributed by atoms with Crippen LogP contribution in [0, 0.1) is 5.82 Å². The Labute approximate surface area is 125 Å². The van der Waals surface area contributed by atoms with Crippen LogP contribution in [0.25, 0.3) is 0 Å². The summed E-state index contributed by atoms with van der Waals surface area (Å²) in [4.78, 5) is 8.81. The van der Waals surface area contributed by atoms with Gasteiger partial charge < -0.3 is 14.6 Å². The van der Waals surface area contributed by atoms with E-state index in [0.29, 0.717) is 0 Å². The van der Waals surface area contributed by atoms with Crippen LogP contribution in [0.15, 0.2) is 18.2 Å². The van der Waals surface area contributed by atoms with Gasteiger partial charge in [-0.15, -0.1) is 0 Å². The Morgan fingerprint density at radius 3 is 2.50 bits per heavy atom. The van der Waals surface area contributed by atoms with Crippen molar-refractivity contribution in [3.05, 3.63) is 29.6 Å². The van der Waals surface area contributed by atoms with Crippen LogP contribution in [0.1, 0.15) is 37.7 Å². The Kier molecular flexibility index (Phi) is 5.93. The van der Waals surface area contributed by atoms with E-state index in [2.05, 4.69) is 0 Å². The van der Waals surface area contributed by atoms with Gasteiger partial charge in [-0.1, -0.05) is 12.1 Å². The summed E-state index contributed by atoms with van der Waals surface area (Å²) in [6, 6.07) is 3.81. The molecular formula is C15H18F4O3. The number of hydrogen-bond acceptors (Lipinski definition) is 3. The quantitative estimate of drug-likeness (QED) is 0.668. The number of hydrogen-bond donors (Lipinski definition) is 1. The third kappa shape index (κ3) is 3.40. The van der Waals surface area contributed by atoms with E-state index < -0.39 is 23.5 Å². The number of benzene rings is 1. The minimum Gasteiger partial charge on any atom is -0.493 e. The Morgan fingerprint density at radius 2 is 2.00 bits per heavy atom. The fourth-order valence-corrected chi connectivity index (χ4v) is 2.76. The van der Waals surface area contributed by atoms with Gasteiger partial charge in [-0.05, 0) is 32.3 Å². The van der Waals surface area contributed by atoms with Crippen LogP contribution in [0.3, 0.4) is 0 Å². The standard InChI is InChI=1S/C13H14F4O2.C2H4O/c1-19-11-8(4-2-6-10(11)14)9-5-3-7-12(9,18)13(15,16)17;1-2-3/h2,4,6,9,18H,3,5,7H2,1H3;2H,1H3/t9-,12+;/m0./s1. The molecule has 0 aromatic heterocycles. The van der Waals surface area contributed by atoms with Gasteiger partial charge in [0.15, 0.2) is 17.2 Å². The van der Waals surface area contributed by atoms with Gasteiger partial charge in [-0.2, -0.15) is 13.2 Å². The predicted octanol–water partition coefficient (Wildman–Crippen LogP) is 3.60. The number of para-hydroxylation sites is 1. The third-order valence-corrected chi connectivity index (χ3v) is 3.70. The fraction of sp³-hybridized carbons (Fsp3) is 0.533. The predicted molar refractivity (Wildman–Crippen MR) is 72.3 cm³/mol. The zero-order chi connectivity index (χ0) is 17.0. The number of ether oxygens (including phenoxy) is 1. The first kappa shape index (κ1) is 18.4. The molecule has 3 nitrogen and oxygen atoms in total. The van der Waals surface area contributed by atoms with Crippen molar-refractivity contribution < 1.29 is 32.2 Å². The second-order valence-electron chi connectivity index (χ2n) is 4.96. The molecule has 0 unspecified atom stereocenters. The average molecular weight is 322 g/mol. The number of rotatable bonds is 2. The Hall–Kier alpha value is -1.63. The molecule has 1 aromatic rings. The molecule has 0 saturated heterocycles. The van der Waals surface area contributed by atoms with E-state index >= 15 is 0 Å². The number of carbonyl (C=O) groups excluding carboxylic acids is 1. The van der Waals surface area contributed by atoms with Gasteiger partial charge >= 0.3 is 6.18 Å². The SMILES string of the molecule is CC=O.COc1c(F)cccc1[C@@H]1CCC[C@]1(O)C(F)(F)F. The van der Waals surface area contributed by atoms with Crippen molar-refractivity contribution in [1.82, 2.24) is 0 Å². The van der Waals surface area contributed by atoms with Crippen LogP contribution in [0.4, 0.5) is 17.6 Å². The molecule has 1 aliphatic rings. The fourth-order valence-electron chi connectivity index (χ4n) is 2.76. The van der Waals surface area contributed by atoms with Crippen molar-refractivity contribution in [3.8, 4) is 5.75 Å². The zero-order valence-electron chi connectivity index (χ0n) is 12.3. The molecule has 1 fully saturated rings. The van der Waals surface area contributed by atoms with Crippen LogP contribution < -0.4 is 4.74 Å². The lowest BCUT2D eigenvalue weighted by molar-refractivity contribution is -0.263. The van der Waals surface area contributed by atoms with Crippen molar-refractivity contribution in [3.63, 3.8) is 0 Å². The van der Waals surface area contributed by atoms with Crippen LogP contribution in [-0.4, -0.2) is 30.3 Å². The topological polar surface area (TPSA) is 46.5 Å². The monoisotopic (exact) mass is 322 g/mol. The maximum Gasteiger partial charge on any atom is 0.417 e. The van der Waals surface area contributed by atoms with Gasteiger partial charge in [-0.3, -0.25) is 0 Å². The number of halogens is 4. The molecule has 1 saturated carbocycles. The van der Waals surface area contributed by atoms with E-state index in [0.717, 1.165) is 12.4 Å². The molecule has 1 N–H and O–H groups in total. The highest BCUT2D eigenvalue weighted by Gasteiger charge is 2.61. The summed E-state index contributed by atoms with van der Waals surface area (Å²) < 4.78 is 57.5. The first-order valence-electron chi connectivity index (χ1n) is 6.74. The number of methoxy groups -OCH3 is 1. The number of aliphatic hydroxyl groups is 1. The molecule has 124 valence electrons. The Balaban J connectivity index is 0.000000745.